The number of hydrogen-bond acceptors (Lipinski definition) is 3. The van der Waals surface area contributed by atoms with E-state index in [0.29, 0.717) is 18.9 Å². The zero-order valence-corrected chi connectivity index (χ0v) is 17.6. The summed E-state index contributed by atoms with van der Waals surface area (Å²) in [6, 6.07) is 6.17. The number of amides is 1. The Morgan fingerprint density at radius 2 is 2.20 bits per heavy atom. The number of aliphatic imine (C=N–C) groups is 1. The molecule has 0 aromatic heterocycles. The van der Waals surface area contributed by atoms with Gasteiger partial charge in [0.05, 0.1) is 7.11 Å². The number of carbonyl (C=O) groups is 1. The molecule has 1 aromatic rings. The van der Waals surface area contributed by atoms with Gasteiger partial charge in [0.2, 0.25) is 5.91 Å². The third-order valence-corrected chi connectivity index (χ3v) is 4.32. The van der Waals surface area contributed by atoms with Crippen molar-refractivity contribution < 1.29 is 9.53 Å². The molecule has 1 amide bonds. The predicted molar refractivity (Wildman–Crippen MR) is 111 cm³/mol. The van der Waals surface area contributed by atoms with Crippen molar-refractivity contribution in [2.75, 3.05) is 27.2 Å². The summed E-state index contributed by atoms with van der Waals surface area (Å²) in [6.07, 6.45) is 2.55. The lowest BCUT2D eigenvalue weighted by molar-refractivity contribution is -0.119. The van der Waals surface area contributed by atoms with Crippen LogP contribution in [0.3, 0.4) is 0 Å². The van der Waals surface area contributed by atoms with E-state index in [-0.39, 0.29) is 29.9 Å². The minimum Gasteiger partial charge on any atom is -0.497 e. The number of rotatable bonds is 5. The molecule has 1 aromatic carbocycles. The maximum absolute atomic E-state index is 11.2. The molecule has 0 spiro atoms. The molecule has 140 valence electrons. The Morgan fingerprint density at radius 1 is 1.44 bits per heavy atom. The SMILES string of the molecule is CN=C(NCc1cc(C)cc(OC)c1)N1CCCC(CC(N)=O)C1.I. The highest BCUT2D eigenvalue weighted by atomic mass is 127. The van der Waals surface area contributed by atoms with E-state index in [1.165, 1.54) is 5.56 Å². The molecule has 1 unspecified atom stereocenters. The van der Waals surface area contributed by atoms with Gasteiger partial charge >= 0.3 is 0 Å². The van der Waals surface area contributed by atoms with E-state index in [0.717, 1.165) is 43.2 Å². The Labute approximate surface area is 167 Å². The first-order chi connectivity index (χ1) is 11.5. The van der Waals surface area contributed by atoms with Crippen LogP contribution < -0.4 is 15.8 Å². The van der Waals surface area contributed by atoms with E-state index < -0.39 is 0 Å². The number of guanidine groups is 1. The number of carbonyl (C=O) groups excluding carboxylic acids is 1. The Balaban J connectivity index is 0.00000312. The predicted octanol–water partition coefficient (Wildman–Crippen LogP) is 2.28. The van der Waals surface area contributed by atoms with Gasteiger partial charge in [0.15, 0.2) is 5.96 Å². The van der Waals surface area contributed by atoms with Crippen LogP contribution in [0.15, 0.2) is 23.2 Å². The van der Waals surface area contributed by atoms with Crippen LogP contribution in [0.25, 0.3) is 0 Å². The second-order valence-corrected chi connectivity index (χ2v) is 6.38. The molecule has 0 aliphatic carbocycles. The molecule has 1 aliphatic rings. The zero-order valence-electron chi connectivity index (χ0n) is 15.2. The van der Waals surface area contributed by atoms with E-state index >= 15 is 0 Å². The summed E-state index contributed by atoms with van der Waals surface area (Å²) in [5.74, 6) is 1.82. The van der Waals surface area contributed by atoms with Gasteiger partial charge in [-0.25, -0.2) is 0 Å². The van der Waals surface area contributed by atoms with Crippen molar-refractivity contribution in [3.8, 4) is 5.75 Å². The van der Waals surface area contributed by atoms with Crippen molar-refractivity contribution in [2.24, 2.45) is 16.6 Å². The molecule has 7 heteroatoms. The summed E-state index contributed by atoms with van der Waals surface area (Å²) >= 11 is 0. The van der Waals surface area contributed by atoms with Gasteiger partial charge in [-0.3, -0.25) is 9.79 Å². The van der Waals surface area contributed by atoms with Crippen LogP contribution in [-0.2, 0) is 11.3 Å². The Kier molecular flexibility index (Phi) is 9.02. The molecule has 6 nitrogen and oxygen atoms in total. The minimum atomic E-state index is -0.225. The highest BCUT2D eigenvalue weighted by Gasteiger charge is 2.23. The summed E-state index contributed by atoms with van der Waals surface area (Å²) < 4.78 is 5.32. The number of nitrogens with one attached hydrogen (secondary N) is 1. The molecule has 1 saturated heterocycles. The van der Waals surface area contributed by atoms with Crippen molar-refractivity contribution in [2.45, 2.75) is 32.7 Å². The van der Waals surface area contributed by atoms with E-state index in [1.807, 2.05) is 12.1 Å². The molecule has 25 heavy (non-hydrogen) atoms. The van der Waals surface area contributed by atoms with Gasteiger partial charge in [-0.05, 0) is 48.9 Å². The molecule has 1 atom stereocenters. The van der Waals surface area contributed by atoms with Crippen LogP contribution in [0, 0.1) is 12.8 Å². The van der Waals surface area contributed by atoms with Gasteiger partial charge < -0.3 is 20.7 Å². The molecule has 0 saturated carbocycles. The molecule has 2 rings (SSSR count). The fourth-order valence-electron chi connectivity index (χ4n) is 3.27. The van der Waals surface area contributed by atoms with Crippen LogP contribution in [0.1, 0.15) is 30.4 Å². The maximum atomic E-state index is 11.2. The van der Waals surface area contributed by atoms with E-state index in [4.69, 9.17) is 10.5 Å². The minimum absolute atomic E-state index is 0. The van der Waals surface area contributed by atoms with Crippen molar-refractivity contribution >= 4 is 35.8 Å². The van der Waals surface area contributed by atoms with Crippen molar-refractivity contribution in [1.82, 2.24) is 10.2 Å². The van der Waals surface area contributed by atoms with E-state index in [1.54, 1.807) is 14.2 Å². The molecular formula is C18H29IN4O2. The smallest absolute Gasteiger partial charge is 0.217 e. The van der Waals surface area contributed by atoms with Crippen molar-refractivity contribution in [1.29, 1.82) is 0 Å². The quantitative estimate of drug-likeness (QED) is 0.402. The second kappa shape index (κ2) is 10.5. The molecule has 3 N–H and O–H groups in total. The Hall–Kier alpha value is -1.51. The van der Waals surface area contributed by atoms with Gasteiger partial charge in [0.25, 0.3) is 0 Å². The molecule has 1 aliphatic heterocycles. The van der Waals surface area contributed by atoms with Gasteiger partial charge in [-0.1, -0.05) is 6.07 Å². The largest absolute Gasteiger partial charge is 0.497 e. The third-order valence-electron chi connectivity index (χ3n) is 4.32. The van der Waals surface area contributed by atoms with E-state index in [2.05, 4.69) is 28.2 Å². The number of benzene rings is 1. The number of nitrogens with two attached hydrogens (primary N) is 1. The van der Waals surface area contributed by atoms with Crippen LogP contribution in [0.2, 0.25) is 0 Å². The first-order valence-corrected chi connectivity index (χ1v) is 8.40. The Bertz CT molecular complexity index is 607. The second-order valence-electron chi connectivity index (χ2n) is 6.38. The lowest BCUT2D eigenvalue weighted by Gasteiger charge is -2.34. The van der Waals surface area contributed by atoms with Gasteiger partial charge in [-0.15, -0.1) is 24.0 Å². The number of hydrogen-bond donors (Lipinski definition) is 2. The summed E-state index contributed by atoms with van der Waals surface area (Å²) in [6.45, 7) is 4.51. The lowest BCUT2D eigenvalue weighted by Crippen LogP contribution is -2.46. The number of methoxy groups -OCH3 is 1. The number of aryl methyl sites for hydroxylation is 1. The van der Waals surface area contributed by atoms with Crippen molar-refractivity contribution in [3.63, 3.8) is 0 Å². The number of likely N-dealkylation sites (tertiary alicyclic amines) is 1. The molecule has 1 fully saturated rings. The average molecular weight is 460 g/mol. The molecular weight excluding hydrogens is 431 g/mol. The van der Waals surface area contributed by atoms with Crippen LogP contribution in [-0.4, -0.2) is 44.0 Å². The average Bonchev–Trinajstić information content (AvgIpc) is 2.54. The fraction of sp³-hybridized carbons (Fsp3) is 0.556. The van der Waals surface area contributed by atoms with Gasteiger partial charge in [0, 0.05) is 33.1 Å². The molecule has 0 radical (unpaired) electrons. The van der Waals surface area contributed by atoms with Gasteiger partial charge in [-0.2, -0.15) is 0 Å². The highest BCUT2D eigenvalue weighted by Crippen LogP contribution is 2.20. The fourth-order valence-corrected chi connectivity index (χ4v) is 3.27. The summed E-state index contributed by atoms with van der Waals surface area (Å²) in [5.41, 5.74) is 7.66. The molecule has 0 bridgehead atoms. The van der Waals surface area contributed by atoms with Crippen LogP contribution in [0.4, 0.5) is 0 Å². The summed E-state index contributed by atoms with van der Waals surface area (Å²) in [4.78, 5) is 17.8. The van der Waals surface area contributed by atoms with Crippen LogP contribution >= 0.6 is 24.0 Å². The first kappa shape index (κ1) is 21.5. The topological polar surface area (TPSA) is 80.0 Å². The zero-order chi connectivity index (χ0) is 17.5. The number of halogens is 1. The van der Waals surface area contributed by atoms with E-state index in [9.17, 15) is 4.79 Å². The number of piperidine rings is 1. The summed E-state index contributed by atoms with van der Waals surface area (Å²) in [5, 5.41) is 3.41. The maximum Gasteiger partial charge on any atom is 0.217 e. The molecule has 1 heterocycles. The number of ether oxygens (including phenoxy) is 1. The summed E-state index contributed by atoms with van der Waals surface area (Å²) in [7, 11) is 3.47. The third kappa shape index (κ3) is 6.72. The van der Waals surface area contributed by atoms with Crippen molar-refractivity contribution in [3.05, 3.63) is 29.3 Å². The number of primary amides is 1. The normalized spacial score (nSPS) is 17.6. The number of nitrogens with zero attached hydrogens (tertiary/aromatic N) is 2. The van der Waals surface area contributed by atoms with Gasteiger partial charge in [0.1, 0.15) is 5.75 Å². The monoisotopic (exact) mass is 460 g/mol. The van der Waals surface area contributed by atoms with Crippen LogP contribution in [0.5, 0.6) is 5.75 Å². The highest BCUT2D eigenvalue weighted by molar-refractivity contribution is 14.0. The standard InChI is InChI=1S/C18H28N4O2.HI/c1-13-7-15(9-16(8-13)24-3)11-21-18(20-2)22-6-4-5-14(12-22)10-17(19)23;/h7-9,14H,4-6,10-12H2,1-3H3,(H2,19,23)(H,20,21);1H. The lowest BCUT2D eigenvalue weighted by atomic mass is 9.95. The Morgan fingerprint density at radius 3 is 2.84 bits per heavy atom. The first-order valence-electron chi connectivity index (χ1n) is 8.40.